The van der Waals surface area contributed by atoms with Crippen molar-refractivity contribution in [3.63, 3.8) is 0 Å². The zero-order chi connectivity index (χ0) is 21.8. The predicted molar refractivity (Wildman–Crippen MR) is 123 cm³/mol. The molecule has 1 unspecified atom stereocenters. The van der Waals surface area contributed by atoms with Gasteiger partial charge < -0.3 is 20.7 Å². The van der Waals surface area contributed by atoms with Gasteiger partial charge in [0.1, 0.15) is 17.6 Å². The van der Waals surface area contributed by atoms with Gasteiger partial charge in [0.25, 0.3) is 0 Å². The molecular weight excluding hydrogens is 388 g/mol. The Morgan fingerprint density at radius 1 is 0.968 bits per heavy atom. The van der Waals surface area contributed by atoms with Gasteiger partial charge in [-0.15, -0.1) is 0 Å². The van der Waals surface area contributed by atoms with Crippen molar-refractivity contribution in [1.82, 2.24) is 19.5 Å². The van der Waals surface area contributed by atoms with Crippen LogP contribution in [0.25, 0.3) is 11.2 Å². The minimum Gasteiger partial charge on any atom is -0.378 e. The summed E-state index contributed by atoms with van der Waals surface area (Å²) in [6.07, 6.45) is 1.24. The van der Waals surface area contributed by atoms with Crippen LogP contribution in [-0.4, -0.2) is 30.9 Å². The first kappa shape index (κ1) is 21.0. The van der Waals surface area contributed by atoms with E-state index in [0.717, 1.165) is 16.8 Å². The van der Waals surface area contributed by atoms with Crippen LogP contribution in [0.2, 0.25) is 0 Å². The van der Waals surface area contributed by atoms with E-state index < -0.39 is 12.1 Å². The minimum atomic E-state index is -1.09. The highest BCUT2D eigenvalue weighted by molar-refractivity contribution is 5.83. The van der Waals surface area contributed by atoms with E-state index in [-0.39, 0.29) is 6.04 Å². The van der Waals surface area contributed by atoms with Crippen LogP contribution in [0, 0.1) is 0 Å². The van der Waals surface area contributed by atoms with Crippen molar-refractivity contribution < 1.29 is 5.11 Å². The molecule has 160 valence electrons. The summed E-state index contributed by atoms with van der Waals surface area (Å²) < 4.78 is 2.01. The van der Waals surface area contributed by atoms with Crippen LogP contribution in [0.5, 0.6) is 0 Å². The molecule has 4 N–H and O–H groups in total. The Bertz CT molecular complexity index is 1120. The molecule has 0 aliphatic rings. The Balaban J connectivity index is 1.75. The third-order valence-electron chi connectivity index (χ3n) is 5.34. The summed E-state index contributed by atoms with van der Waals surface area (Å²) in [5, 5.41) is 13.8. The van der Waals surface area contributed by atoms with Gasteiger partial charge in [-0.3, -0.25) is 0 Å². The maximum Gasteiger partial charge on any atom is 0.166 e. The van der Waals surface area contributed by atoms with Crippen molar-refractivity contribution in [2.24, 2.45) is 5.73 Å². The van der Waals surface area contributed by atoms with Crippen molar-refractivity contribution >= 4 is 17.0 Å². The highest BCUT2D eigenvalue weighted by atomic mass is 16.3. The number of aromatic nitrogens is 4. The summed E-state index contributed by atoms with van der Waals surface area (Å²) in [5.74, 6) is 0.700. The first-order chi connectivity index (χ1) is 15.0. The molecule has 31 heavy (non-hydrogen) atoms. The Labute approximate surface area is 182 Å². The number of rotatable bonds is 8. The van der Waals surface area contributed by atoms with E-state index in [2.05, 4.69) is 36.3 Å². The molecule has 7 nitrogen and oxygen atoms in total. The average Bonchev–Trinajstić information content (AvgIpc) is 3.21. The average molecular weight is 417 g/mol. The van der Waals surface area contributed by atoms with E-state index in [4.69, 9.17) is 15.7 Å². The first-order valence-corrected chi connectivity index (χ1v) is 10.5. The van der Waals surface area contributed by atoms with E-state index >= 15 is 0 Å². The van der Waals surface area contributed by atoms with Gasteiger partial charge in [-0.1, -0.05) is 60.7 Å². The van der Waals surface area contributed by atoms with Gasteiger partial charge in [-0.25, -0.2) is 15.0 Å². The highest BCUT2D eigenvalue weighted by Gasteiger charge is 2.25. The van der Waals surface area contributed by atoms with E-state index in [1.165, 1.54) is 0 Å². The number of nitrogens with zero attached hydrogens (tertiary/aromatic N) is 4. The Hall–Kier alpha value is -3.29. The maximum atomic E-state index is 10.4. The van der Waals surface area contributed by atoms with Crippen molar-refractivity contribution in [2.45, 2.75) is 45.0 Å². The number of imidazole rings is 1. The summed E-state index contributed by atoms with van der Waals surface area (Å²) in [5.41, 5.74) is 9.62. The number of hydrogen-bond acceptors (Lipinski definition) is 6. The predicted octanol–water partition coefficient (Wildman–Crippen LogP) is 3.62. The van der Waals surface area contributed by atoms with Gasteiger partial charge in [-0.05, 0) is 31.4 Å². The number of benzene rings is 2. The van der Waals surface area contributed by atoms with Gasteiger partial charge >= 0.3 is 0 Å². The lowest BCUT2D eigenvalue weighted by Gasteiger charge is -2.20. The van der Waals surface area contributed by atoms with Crippen LogP contribution in [-0.2, 0) is 13.0 Å². The topological polar surface area (TPSA) is 102 Å². The molecule has 0 bridgehead atoms. The monoisotopic (exact) mass is 416 g/mol. The van der Waals surface area contributed by atoms with E-state index in [1.54, 1.807) is 6.33 Å². The molecule has 2 heterocycles. The van der Waals surface area contributed by atoms with E-state index in [9.17, 15) is 5.11 Å². The Morgan fingerprint density at radius 3 is 2.23 bits per heavy atom. The van der Waals surface area contributed by atoms with Gasteiger partial charge in [-0.2, -0.15) is 0 Å². The molecule has 0 saturated heterocycles. The van der Waals surface area contributed by atoms with Crippen LogP contribution in [0.1, 0.15) is 42.8 Å². The second-order valence-electron chi connectivity index (χ2n) is 7.97. The van der Waals surface area contributed by atoms with Crippen LogP contribution >= 0.6 is 0 Å². The standard InChI is InChI=1S/C24H28N6O/c1-16(2)30-15-27-20-23(26-14-18-11-7-4-8-12-18)28-22(29-24(20)30)19(21(25)31)13-17-9-5-3-6-10-17/h3-12,15-16,19,21,31H,13-14,25H2,1-2H3,(H,26,28,29)/t19-,21?/m0/s1. The zero-order valence-electron chi connectivity index (χ0n) is 17.8. The number of anilines is 1. The number of fused-ring (bicyclic) bond motifs is 1. The maximum absolute atomic E-state index is 10.4. The fourth-order valence-corrected chi connectivity index (χ4v) is 3.61. The van der Waals surface area contributed by atoms with Gasteiger partial charge in [0.05, 0.1) is 12.2 Å². The molecule has 7 heteroatoms. The molecule has 2 atom stereocenters. The summed E-state index contributed by atoms with van der Waals surface area (Å²) in [6.45, 7) is 4.77. The minimum absolute atomic E-state index is 0.185. The quantitative estimate of drug-likeness (QED) is 0.379. The van der Waals surface area contributed by atoms with Gasteiger partial charge in [0.15, 0.2) is 11.5 Å². The summed E-state index contributed by atoms with van der Waals surface area (Å²) in [7, 11) is 0. The summed E-state index contributed by atoms with van der Waals surface area (Å²) in [4.78, 5) is 14.1. The fourth-order valence-electron chi connectivity index (χ4n) is 3.61. The largest absolute Gasteiger partial charge is 0.378 e. The number of nitrogens with one attached hydrogen (secondary N) is 1. The molecule has 0 amide bonds. The molecule has 0 spiro atoms. The normalized spacial score (nSPS) is 13.5. The second-order valence-corrected chi connectivity index (χ2v) is 7.97. The van der Waals surface area contributed by atoms with Crippen LogP contribution in [0.15, 0.2) is 67.0 Å². The van der Waals surface area contributed by atoms with Gasteiger partial charge in [0, 0.05) is 12.6 Å². The molecule has 0 fully saturated rings. The Morgan fingerprint density at radius 2 is 1.61 bits per heavy atom. The van der Waals surface area contributed by atoms with Crippen LogP contribution in [0.4, 0.5) is 5.82 Å². The molecule has 2 aromatic carbocycles. The zero-order valence-corrected chi connectivity index (χ0v) is 17.8. The molecule has 0 saturated carbocycles. The third-order valence-corrected chi connectivity index (χ3v) is 5.34. The molecule has 0 radical (unpaired) electrons. The fraction of sp³-hybridized carbons (Fsp3) is 0.292. The number of aliphatic hydroxyl groups excluding tert-OH is 1. The lowest BCUT2D eigenvalue weighted by Crippen LogP contribution is -2.31. The summed E-state index contributed by atoms with van der Waals surface area (Å²) in [6, 6.07) is 20.2. The smallest absolute Gasteiger partial charge is 0.166 e. The molecule has 0 aliphatic carbocycles. The highest BCUT2D eigenvalue weighted by Crippen LogP contribution is 2.27. The van der Waals surface area contributed by atoms with Gasteiger partial charge in [0.2, 0.25) is 0 Å². The Kier molecular flexibility index (Phi) is 6.25. The number of nitrogens with two attached hydrogens (primary N) is 1. The van der Waals surface area contributed by atoms with Crippen LogP contribution in [0.3, 0.4) is 0 Å². The SMILES string of the molecule is CC(C)n1cnc2c(NCc3ccccc3)nc([C@@H](Cc3ccccc3)C(N)O)nc21. The molecule has 2 aromatic heterocycles. The van der Waals surface area contributed by atoms with E-state index in [1.807, 2.05) is 53.1 Å². The van der Waals surface area contributed by atoms with Crippen molar-refractivity contribution in [3.8, 4) is 0 Å². The number of hydrogen-bond donors (Lipinski definition) is 3. The van der Waals surface area contributed by atoms with Crippen LogP contribution < -0.4 is 11.1 Å². The second kappa shape index (κ2) is 9.24. The van der Waals surface area contributed by atoms with Crippen molar-refractivity contribution in [3.05, 3.63) is 83.9 Å². The van der Waals surface area contributed by atoms with Crippen molar-refractivity contribution in [1.29, 1.82) is 0 Å². The summed E-state index contributed by atoms with van der Waals surface area (Å²) >= 11 is 0. The number of aliphatic hydroxyl groups is 1. The molecule has 0 aliphatic heterocycles. The molecule has 4 rings (SSSR count). The van der Waals surface area contributed by atoms with Crippen molar-refractivity contribution in [2.75, 3.05) is 5.32 Å². The lowest BCUT2D eigenvalue weighted by molar-refractivity contribution is 0.146. The van der Waals surface area contributed by atoms with E-state index in [0.29, 0.717) is 30.1 Å². The molecule has 4 aromatic rings. The third kappa shape index (κ3) is 4.73. The lowest BCUT2D eigenvalue weighted by atomic mass is 9.97. The first-order valence-electron chi connectivity index (χ1n) is 10.5. The molecular formula is C24H28N6O.